The Morgan fingerprint density at radius 3 is 2.38 bits per heavy atom. The van der Waals surface area contributed by atoms with E-state index < -0.39 is 8.25 Å². The second kappa shape index (κ2) is 6.97. The number of hydrogen-bond acceptors (Lipinski definition) is 5. The SMILES string of the molecule is Cc1ncc(CO)c(C=O)c1O.O=[P+](O)O. The molecule has 0 aromatic carbocycles. The van der Waals surface area contributed by atoms with E-state index in [0.29, 0.717) is 17.5 Å². The maximum Gasteiger partial charge on any atom is 0.692 e. The summed E-state index contributed by atoms with van der Waals surface area (Å²) in [5.41, 5.74) is 0.840. The molecule has 0 bridgehead atoms. The van der Waals surface area contributed by atoms with Gasteiger partial charge in [0.15, 0.2) is 6.29 Å². The molecule has 1 aromatic heterocycles. The summed E-state index contributed by atoms with van der Waals surface area (Å²) in [6.45, 7) is 1.29. The Labute approximate surface area is 92.0 Å². The van der Waals surface area contributed by atoms with Gasteiger partial charge in [-0.3, -0.25) is 9.78 Å². The lowest BCUT2D eigenvalue weighted by Gasteiger charge is -2.04. The molecule has 1 rings (SSSR count). The molecule has 0 atom stereocenters. The minimum Gasteiger partial charge on any atom is -0.505 e. The van der Waals surface area contributed by atoms with Gasteiger partial charge in [0.1, 0.15) is 5.75 Å². The third-order valence-electron chi connectivity index (χ3n) is 1.65. The van der Waals surface area contributed by atoms with Gasteiger partial charge in [0.2, 0.25) is 0 Å². The summed E-state index contributed by atoms with van der Waals surface area (Å²) in [5.74, 6) is -0.156. The number of carbonyl (C=O) groups excluding carboxylic acids is 1. The molecule has 4 N–H and O–H groups in total. The Morgan fingerprint density at radius 1 is 1.50 bits per heavy atom. The van der Waals surface area contributed by atoms with Crippen molar-refractivity contribution in [1.29, 1.82) is 0 Å². The quantitative estimate of drug-likeness (QED) is 0.429. The molecule has 0 fully saturated rings. The normalized spacial score (nSPS) is 9.00. The molecule has 0 amide bonds. The molecule has 0 spiro atoms. The van der Waals surface area contributed by atoms with Crippen molar-refractivity contribution in [2.24, 2.45) is 0 Å². The van der Waals surface area contributed by atoms with Crippen molar-refractivity contribution in [3.05, 3.63) is 23.0 Å². The summed E-state index contributed by atoms with van der Waals surface area (Å²) in [6, 6.07) is 0. The number of nitrogens with zero attached hydrogens (tertiary/aromatic N) is 1. The highest BCUT2D eigenvalue weighted by Gasteiger charge is 2.09. The maximum absolute atomic E-state index is 10.5. The van der Waals surface area contributed by atoms with Gasteiger partial charge in [-0.05, 0) is 6.92 Å². The lowest BCUT2D eigenvalue weighted by atomic mass is 10.1. The molecule has 0 unspecified atom stereocenters. The number of aldehydes is 1. The van der Waals surface area contributed by atoms with Crippen LogP contribution in [0.4, 0.5) is 0 Å². The van der Waals surface area contributed by atoms with Crippen molar-refractivity contribution in [3.8, 4) is 5.75 Å². The van der Waals surface area contributed by atoms with Gasteiger partial charge in [0.05, 0.1) is 17.9 Å². The number of aromatic hydroxyl groups is 1. The van der Waals surface area contributed by atoms with Crippen LogP contribution in [0.1, 0.15) is 21.6 Å². The molecule has 7 nitrogen and oxygen atoms in total. The van der Waals surface area contributed by atoms with Gasteiger partial charge in [0.25, 0.3) is 0 Å². The largest absolute Gasteiger partial charge is 0.692 e. The van der Waals surface area contributed by atoms with Gasteiger partial charge in [-0.15, -0.1) is 9.79 Å². The molecular weight excluding hydrogens is 237 g/mol. The van der Waals surface area contributed by atoms with E-state index >= 15 is 0 Å². The van der Waals surface area contributed by atoms with Crippen LogP contribution in [-0.2, 0) is 11.2 Å². The average Bonchev–Trinajstić information content (AvgIpc) is 2.21. The van der Waals surface area contributed by atoms with Crippen LogP contribution in [0, 0.1) is 6.92 Å². The number of aliphatic hydroxyl groups is 1. The van der Waals surface area contributed by atoms with Crippen LogP contribution in [0.5, 0.6) is 5.75 Å². The van der Waals surface area contributed by atoms with Gasteiger partial charge in [-0.2, -0.15) is 0 Å². The summed E-state index contributed by atoms with van der Waals surface area (Å²) in [7, 11) is -2.87. The van der Waals surface area contributed by atoms with E-state index in [9.17, 15) is 9.90 Å². The van der Waals surface area contributed by atoms with Crippen molar-refractivity contribution >= 4 is 14.5 Å². The first kappa shape index (κ1) is 14.6. The zero-order valence-corrected chi connectivity index (χ0v) is 9.26. The third kappa shape index (κ3) is 4.41. The molecule has 1 heterocycles. The molecule has 8 heteroatoms. The van der Waals surface area contributed by atoms with Crippen molar-refractivity contribution < 1.29 is 29.4 Å². The fourth-order valence-electron chi connectivity index (χ4n) is 0.910. The molecule has 0 saturated heterocycles. The van der Waals surface area contributed by atoms with Gasteiger partial charge in [0, 0.05) is 16.3 Å². The average molecular weight is 248 g/mol. The molecular formula is C8H11NO6P+. The highest BCUT2D eigenvalue weighted by atomic mass is 31.1. The molecule has 16 heavy (non-hydrogen) atoms. The van der Waals surface area contributed by atoms with E-state index in [-0.39, 0.29) is 17.9 Å². The molecule has 0 radical (unpaired) electrons. The van der Waals surface area contributed by atoms with E-state index in [1.807, 2.05) is 0 Å². The number of rotatable bonds is 2. The van der Waals surface area contributed by atoms with Crippen LogP contribution in [0.3, 0.4) is 0 Å². The number of pyridine rings is 1. The lowest BCUT2D eigenvalue weighted by molar-refractivity contribution is 0.111. The lowest BCUT2D eigenvalue weighted by Crippen LogP contribution is -1.96. The van der Waals surface area contributed by atoms with E-state index in [4.69, 9.17) is 19.5 Å². The summed E-state index contributed by atoms with van der Waals surface area (Å²) in [6.07, 6.45) is 1.88. The van der Waals surface area contributed by atoms with E-state index in [1.54, 1.807) is 6.92 Å². The molecule has 88 valence electrons. The molecule has 0 saturated carbocycles. The van der Waals surface area contributed by atoms with Crippen LogP contribution in [0.2, 0.25) is 0 Å². The Kier molecular flexibility index (Phi) is 6.36. The van der Waals surface area contributed by atoms with Crippen molar-refractivity contribution in [3.63, 3.8) is 0 Å². The second-order valence-electron chi connectivity index (χ2n) is 2.66. The number of aliphatic hydroxyl groups excluding tert-OH is 1. The topological polar surface area (TPSA) is 128 Å². The summed E-state index contributed by atoms with van der Waals surface area (Å²) < 4.78 is 8.70. The van der Waals surface area contributed by atoms with E-state index in [1.165, 1.54) is 6.20 Å². The number of aryl methyl sites for hydroxylation is 1. The van der Waals surface area contributed by atoms with Crippen LogP contribution in [0.25, 0.3) is 0 Å². The molecule has 0 aliphatic heterocycles. The Bertz CT molecular complexity index is 390. The van der Waals surface area contributed by atoms with Gasteiger partial charge < -0.3 is 10.2 Å². The Hall–Kier alpha value is -1.40. The molecule has 0 aliphatic carbocycles. The number of hydrogen-bond donors (Lipinski definition) is 4. The van der Waals surface area contributed by atoms with Crippen LogP contribution in [-0.4, -0.2) is 31.3 Å². The monoisotopic (exact) mass is 248 g/mol. The second-order valence-corrected chi connectivity index (χ2v) is 3.17. The minimum atomic E-state index is -2.87. The highest BCUT2D eigenvalue weighted by Crippen LogP contribution is 2.21. The zero-order chi connectivity index (χ0) is 12.7. The van der Waals surface area contributed by atoms with E-state index in [0.717, 1.165) is 0 Å². The smallest absolute Gasteiger partial charge is 0.505 e. The molecule has 0 aliphatic rings. The van der Waals surface area contributed by atoms with Crippen LogP contribution < -0.4 is 0 Å². The third-order valence-corrected chi connectivity index (χ3v) is 1.65. The standard InChI is InChI=1S/C8H9NO3.HO3P/c1-5-8(12)7(4-11)6(3-10)2-9-5;1-4(2)3/h2,4,10,12H,3H2,1H3;(H-,1,2,3)/p+1. The first-order valence-electron chi connectivity index (χ1n) is 4.02. The Balaban J connectivity index is 0.000000487. The van der Waals surface area contributed by atoms with Gasteiger partial charge >= 0.3 is 8.25 Å². The van der Waals surface area contributed by atoms with E-state index in [2.05, 4.69) is 4.98 Å². The van der Waals surface area contributed by atoms with Crippen molar-refractivity contribution in [1.82, 2.24) is 4.98 Å². The van der Waals surface area contributed by atoms with Crippen molar-refractivity contribution in [2.45, 2.75) is 13.5 Å². The maximum atomic E-state index is 10.5. The van der Waals surface area contributed by atoms with Gasteiger partial charge in [-0.1, -0.05) is 0 Å². The van der Waals surface area contributed by atoms with Crippen LogP contribution >= 0.6 is 8.25 Å². The molecule has 1 aromatic rings. The first-order valence-corrected chi connectivity index (χ1v) is 5.19. The first-order chi connectivity index (χ1) is 7.43. The highest BCUT2D eigenvalue weighted by molar-refractivity contribution is 7.30. The summed E-state index contributed by atoms with van der Waals surface area (Å²) in [5, 5.41) is 18.1. The minimum absolute atomic E-state index is 0.116. The zero-order valence-electron chi connectivity index (χ0n) is 8.36. The predicted molar refractivity (Wildman–Crippen MR) is 54.0 cm³/mol. The van der Waals surface area contributed by atoms with Crippen molar-refractivity contribution in [2.75, 3.05) is 0 Å². The van der Waals surface area contributed by atoms with Gasteiger partial charge in [-0.25, -0.2) is 0 Å². The predicted octanol–water partition coefficient (Wildman–Crippen LogP) is 0.0288. The summed E-state index contributed by atoms with van der Waals surface area (Å²) >= 11 is 0. The fraction of sp³-hybridized carbons (Fsp3) is 0.250. The number of aromatic nitrogens is 1. The fourth-order valence-corrected chi connectivity index (χ4v) is 0.910. The Morgan fingerprint density at radius 2 is 2.00 bits per heavy atom. The van der Waals surface area contributed by atoms with Crippen LogP contribution in [0.15, 0.2) is 6.20 Å². The number of carbonyl (C=O) groups is 1. The summed E-state index contributed by atoms with van der Waals surface area (Å²) in [4.78, 5) is 28.5.